The van der Waals surface area contributed by atoms with Crippen LogP contribution in [0.3, 0.4) is 0 Å². The maximum Gasteiger partial charge on any atom is 0.167 e. The van der Waals surface area contributed by atoms with E-state index in [1.807, 2.05) is 36.3 Å². The molecule has 1 aliphatic rings. The van der Waals surface area contributed by atoms with Crippen LogP contribution in [0.5, 0.6) is 0 Å². The first-order valence-electron chi connectivity index (χ1n) is 7.61. The Labute approximate surface area is 135 Å². The molecule has 22 heavy (non-hydrogen) atoms. The molecule has 0 bridgehead atoms. The maximum absolute atomic E-state index is 12.6. The van der Waals surface area contributed by atoms with E-state index in [4.69, 9.17) is 11.6 Å². The van der Waals surface area contributed by atoms with E-state index >= 15 is 0 Å². The number of rotatable bonds is 4. The number of carbonyl (C=O) groups excluding carboxylic acids is 1. The number of halogens is 1. The molecule has 0 radical (unpaired) electrons. The van der Waals surface area contributed by atoms with Crippen molar-refractivity contribution < 1.29 is 4.79 Å². The summed E-state index contributed by atoms with van der Waals surface area (Å²) in [4.78, 5) is 15.0. The summed E-state index contributed by atoms with van der Waals surface area (Å²) in [6, 6.07) is 7.21. The van der Waals surface area contributed by atoms with Crippen LogP contribution in [0.1, 0.15) is 28.8 Å². The number of aromatic nitrogens is 2. The van der Waals surface area contributed by atoms with Crippen LogP contribution in [0.15, 0.2) is 36.7 Å². The molecule has 1 atom stereocenters. The minimum absolute atomic E-state index is 0.0756. The van der Waals surface area contributed by atoms with Gasteiger partial charge in [0.1, 0.15) is 0 Å². The van der Waals surface area contributed by atoms with Crippen molar-refractivity contribution in [3.05, 3.63) is 52.8 Å². The molecule has 0 amide bonds. The van der Waals surface area contributed by atoms with E-state index in [-0.39, 0.29) is 11.7 Å². The standard InChI is InChI=1S/C17H20ClN3O/c1-20-10-13(9-19-20)11-21-8-2-3-15(12-21)17(22)14-4-6-16(18)7-5-14/h4-7,9-10,15H,2-3,8,11-12H2,1H3/t15-/m0/s1. The van der Waals surface area contributed by atoms with Gasteiger partial charge in [0.15, 0.2) is 5.78 Å². The smallest absolute Gasteiger partial charge is 0.167 e. The summed E-state index contributed by atoms with van der Waals surface area (Å²) < 4.78 is 1.82. The van der Waals surface area contributed by atoms with E-state index in [1.165, 1.54) is 5.56 Å². The Hall–Kier alpha value is -1.65. The molecule has 3 rings (SSSR count). The van der Waals surface area contributed by atoms with Gasteiger partial charge in [-0.1, -0.05) is 11.6 Å². The molecule has 1 aromatic carbocycles. The molecule has 0 unspecified atom stereocenters. The number of ketones is 1. The number of aryl methyl sites for hydroxylation is 1. The number of benzene rings is 1. The molecule has 1 saturated heterocycles. The molecule has 1 fully saturated rings. The highest BCUT2D eigenvalue weighted by atomic mass is 35.5. The van der Waals surface area contributed by atoms with Crippen LogP contribution in [0.4, 0.5) is 0 Å². The molecule has 1 aliphatic heterocycles. The lowest BCUT2D eigenvalue weighted by Crippen LogP contribution is -2.38. The second-order valence-electron chi connectivity index (χ2n) is 5.97. The summed E-state index contributed by atoms with van der Waals surface area (Å²) in [6.07, 6.45) is 5.95. The number of hydrogen-bond acceptors (Lipinski definition) is 3. The largest absolute Gasteiger partial charge is 0.298 e. The fourth-order valence-electron chi connectivity index (χ4n) is 3.07. The number of Topliss-reactive ketones (excluding diaryl/α,β-unsaturated/α-hetero) is 1. The Morgan fingerprint density at radius 3 is 2.82 bits per heavy atom. The zero-order valence-corrected chi connectivity index (χ0v) is 13.5. The van der Waals surface area contributed by atoms with Crippen LogP contribution in [0, 0.1) is 5.92 Å². The normalized spacial score (nSPS) is 19.3. The van der Waals surface area contributed by atoms with Gasteiger partial charge in [-0.3, -0.25) is 14.4 Å². The maximum atomic E-state index is 12.6. The average Bonchev–Trinajstić information content (AvgIpc) is 2.93. The lowest BCUT2D eigenvalue weighted by molar-refractivity contribution is 0.0811. The lowest BCUT2D eigenvalue weighted by Gasteiger charge is -2.31. The Morgan fingerprint density at radius 2 is 2.14 bits per heavy atom. The van der Waals surface area contributed by atoms with E-state index in [0.29, 0.717) is 5.02 Å². The van der Waals surface area contributed by atoms with Crippen LogP contribution in [0.2, 0.25) is 5.02 Å². The third kappa shape index (κ3) is 3.57. The summed E-state index contributed by atoms with van der Waals surface area (Å²) in [6.45, 7) is 2.72. The molecule has 5 heteroatoms. The Bertz CT molecular complexity index is 650. The summed E-state index contributed by atoms with van der Waals surface area (Å²) in [5.41, 5.74) is 1.96. The SMILES string of the molecule is Cn1cc(CN2CCC[C@H](C(=O)c3ccc(Cl)cc3)C2)cn1. The number of likely N-dealkylation sites (tertiary alicyclic amines) is 1. The van der Waals surface area contributed by atoms with Crippen LogP contribution >= 0.6 is 11.6 Å². The fourth-order valence-corrected chi connectivity index (χ4v) is 3.20. The van der Waals surface area contributed by atoms with Gasteiger partial charge in [0.05, 0.1) is 6.20 Å². The van der Waals surface area contributed by atoms with E-state index in [2.05, 4.69) is 10.00 Å². The number of hydrogen-bond donors (Lipinski definition) is 0. The number of nitrogens with zero attached hydrogens (tertiary/aromatic N) is 3. The summed E-state index contributed by atoms with van der Waals surface area (Å²) in [5.74, 6) is 0.305. The Kier molecular flexibility index (Phi) is 4.60. The third-order valence-electron chi connectivity index (χ3n) is 4.17. The zero-order valence-electron chi connectivity index (χ0n) is 12.7. The fraction of sp³-hybridized carbons (Fsp3) is 0.412. The van der Waals surface area contributed by atoms with Crippen LogP contribution in [0.25, 0.3) is 0 Å². The third-order valence-corrected chi connectivity index (χ3v) is 4.42. The van der Waals surface area contributed by atoms with Crippen LogP contribution in [-0.2, 0) is 13.6 Å². The molecule has 4 nitrogen and oxygen atoms in total. The summed E-state index contributed by atoms with van der Waals surface area (Å²) in [5, 5.41) is 4.87. The molecule has 116 valence electrons. The van der Waals surface area contributed by atoms with Gasteiger partial charge >= 0.3 is 0 Å². The monoisotopic (exact) mass is 317 g/mol. The van der Waals surface area contributed by atoms with Crippen molar-refractivity contribution in [3.63, 3.8) is 0 Å². The van der Waals surface area contributed by atoms with Crippen molar-refractivity contribution in [3.8, 4) is 0 Å². The van der Waals surface area contributed by atoms with Crippen molar-refractivity contribution in [1.82, 2.24) is 14.7 Å². The van der Waals surface area contributed by atoms with Crippen molar-refractivity contribution in [2.24, 2.45) is 13.0 Å². The van der Waals surface area contributed by atoms with Gasteiger partial charge in [0.2, 0.25) is 0 Å². The van der Waals surface area contributed by atoms with Gasteiger partial charge in [0.25, 0.3) is 0 Å². The van der Waals surface area contributed by atoms with Crippen molar-refractivity contribution >= 4 is 17.4 Å². The minimum Gasteiger partial charge on any atom is -0.298 e. The van der Waals surface area contributed by atoms with Crippen LogP contribution in [-0.4, -0.2) is 33.6 Å². The molecular weight excluding hydrogens is 298 g/mol. The van der Waals surface area contributed by atoms with E-state index in [1.54, 1.807) is 12.1 Å². The van der Waals surface area contributed by atoms with Crippen molar-refractivity contribution in [2.75, 3.05) is 13.1 Å². The first kappa shape index (κ1) is 15.3. The number of piperidine rings is 1. The van der Waals surface area contributed by atoms with Gasteiger partial charge in [0, 0.05) is 48.4 Å². The minimum atomic E-state index is 0.0756. The second kappa shape index (κ2) is 6.63. The predicted octanol–water partition coefficient (Wildman–Crippen LogP) is 3.17. The molecule has 2 heterocycles. The highest BCUT2D eigenvalue weighted by Gasteiger charge is 2.26. The first-order chi connectivity index (χ1) is 10.6. The number of carbonyl (C=O) groups is 1. The summed E-state index contributed by atoms with van der Waals surface area (Å²) >= 11 is 5.89. The van der Waals surface area contributed by atoms with Gasteiger partial charge < -0.3 is 0 Å². The molecule has 1 aromatic heterocycles. The Balaban J connectivity index is 1.64. The lowest BCUT2D eigenvalue weighted by atomic mass is 9.90. The molecule has 0 saturated carbocycles. The van der Waals surface area contributed by atoms with Crippen LogP contribution < -0.4 is 0 Å². The topological polar surface area (TPSA) is 38.1 Å². The highest BCUT2D eigenvalue weighted by Crippen LogP contribution is 2.23. The second-order valence-corrected chi connectivity index (χ2v) is 6.40. The molecule has 0 spiro atoms. The van der Waals surface area contributed by atoms with Gasteiger partial charge in [-0.15, -0.1) is 0 Å². The quantitative estimate of drug-likeness (QED) is 0.813. The van der Waals surface area contributed by atoms with E-state index in [9.17, 15) is 4.79 Å². The van der Waals surface area contributed by atoms with E-state index in [0.717, 1.165) is 38.0 Å². The van der Waals surface area contributed by atoms with Gasteiger partial charge in [-0.2, -0.15) is 5.10 Å². The molecule has 2 aromatic rings. The highest BCUT2D eigenvalue weighted by molar-refractivity contribution is 6.30. The average molecular weight is 318 g/mol. The van der Waals surface area contributed by atoms with Gasteiger partial charge in [-0.05, 0) is 43.7 Å². The van der Waals surface area contributed by atoms with Crippen molar-refractivity contribution in [2.45, 2.75) is 19.4 Å². The van der Waals surface area contributed by atoms with E-state index < -0.39 is 0 Å². The molecule has 0 aliphatic carbocycles. The zero-order chi connectivity index (χ0) is 15.5. The summed E-state index contributed by atoms with van der Waals surface area (Å²) in [7, 11) is 1.92. The molecular formula is C17H20ClN3O. The van der Waals surface area contributed by atoms with Crippen molar-refractivity contribution in [1.29, 1.82) is 0 Å². The predicted molar refractivity (Wildman–Crippen MR) is 87.0 cm³/mol. The van der Waals surface area contributed by atoms with Gasteiger partial charge in [-0.25, -0.2) is 0 Å². The Morgan fingerprint density at radius 1 is 1.36 bits per heavy atom. The molecule has 0 N–H and O–H groups in total. The first-order valence-corrected chi connectivity index (χ1v) is 7.99.